The summed E-state index contributed by atoms with van der Waals surface area (Å²) in [7, 11) is -3.67. The third-order valence-electron chi connectivity index (χ3n) is 11.3. The molecule has 10 nitrogen and oxygen atoms in total. The van der Waals surface area contributed by atoms with Gasteiger partial charge in [-0.2, -0.15) is 0 Å². The van der Waals surface area contributed by atoms with Crippen LogP contribution < -0.4 is 5.32 Å². The van der Waals surface area contributed by atoms with Crippen molar-refractivity contribution in [3.63, 3.8) is 0 Å². The minimum Gasteiger partial charge on any atom is -0.421 e. The molecule has 5 aromatic heterocycles. The fraction of sp³-hybridized carbons (Fsp3) is 0.486. The van der Waals surface area contributed by atoms with Gasteiger partial charge in [0, 0.05) is 41.4 Å². The van der Waals surface area contributed by atoms with Crippen molar-refractivity contribution in [3.05, 3.63) is 65.2 Å². The Morgan fingerprint density at radius 3 is 2.69 bits per heavy atom. The molecule has 10 rings (SSSR count). The van der Waals surface area contributed by atoms with Gasteiger partial charge in [0.2, 0.25) is 11.8 Å². The number of pyridine rings is 3. The van der Waals surface area contributed by atoms with Crippen molar-refractivity contribution in [2.24, 2.45) is 11.3 Å². The monoisotopic (exact) mass is 696 g/mol. The van der Waals surface area contributed by atoms with Gasteiger partial charge in [-0.1, -0.05) is 19.9 Å². The number of thiophene rings is 1. The highest BCUT2D eigenvalue weighted by Crippen LogP contribution is 2.52. The van der Waals surface area contributed by atoms with E-state index in [2.05, 4.69) is 46.5 Å². The highest BCUT2D eigenvalue weighted by Gasteiger charge is 2.45. The topological polar surface area (TPSA) is 133 Å². The highest BCUT2D eigenvalue weighted by atomic mass is 32.2. The summed E-state index contributed by atoms with van der Waals surface area (Å²) in [4.78, 5) is 15.8. The summed E-state index contributed by atoms with van der Waals surface area (Å²) in [5, 5.41) is 13.4. The van der Waals surface area contributed by atoms with Crippen molar-refractivity contribution in [1.82, 2.24) is 25.1 Å². The standard InChI is InChI=1S/C37H40N6O4S2/c1-20(2)25-18-49(44,45)34-31(29-17-22-11-16-39-35(33(22)48-29)41-27-7-6-26-24(27)5-4-15-38-26)30(36-43-42-21(3)47-36)28(40-32(25)34)10-14-37-12-8-23(9-13-37)46-19-37/h4-5,11,15-17,20,23,25,27H,6-10,12-14,18-19H2,1-3H3,(H,39,41)/t23?,25?,27-,37?/m1/s1. The Bertz CT molecular complexity index is 2190. The number of nitrogens with one attached hydrogen (secondary N) is 1. The van der Waals surface area contributed by atoms with E-state index in [0.29, 0.717) is 46.0 Å². The van der Waals surface area contributed by atoms with Gasteiger partial charge in [0.1, 0.15) is 5.82 Å². The Balaban J connectivity index is 1.22. The van der Waals surface area contributed by atoms with Crippen LogP contribution in [0.15, 0.2) is 46.0 Å². The Hall–Kier alpha value is -3.74. The van der Waals surface area contributed by atoms with Gasteiger partial charge in [0.25, 0.3) is 0 Å². The number of fused-ring (bicyclic) bond motifs is 6. The van der Waals surface area contributed by atoms with Crippen LogP contribution in [0.4, 0.5) is 5.82 Å². The van der Waals surface area contributed by atoms with Crippen LogP contribution >= 0.6 is 11.3 Å². The lowest BCUT2D eigenvalue weighted by molar-refractivity contribution is -0.117. The van der Waals surface area contributed by atoms with Crippen molar-refractivity contribution in [3.8, 4) is 21.9 Å². The second kappa shape index (κ2) is 11.7. The second-order valence-corrected chi connectivity index (χ2v) is 17.8. The molecule has 5 aromatic rings. The molecular weight excluding hydrogens is 657 g/mol. The van der Waals surface area contributed by atoms with E-state index < -0.39 is 9.84 Å². The van der Waals surface area contributed by atoms with Gasteiger partial charge >= 0.3 is 0 Å². The molecule has 0 amide bonds. The predicted molar refractivity (Wildman–Crippen MR) is 188 cm³/mol. The number of hydrogen-bond donors (Lipinski definition) is 1. The van der Waals surface area contributed by atoms with Gasteiger partial charge in [0.15, 0.2) is 9.84 Å². The lowest BCUT2D eigenvalue weighted by Crippen LogP contribution is -2.42. The van der Waals surface area contributed by atoms with E-state index in [1.807, 2.05) is 24.5 Å². The molecule has 0 aromatic carbocycles. The average Bonchev–Trinajstić information content (AvgIpc) is 3.89. The van der Waals surface area contributed by atoms with Crippen LogP contribution in [0, 0.1) is 18.3 Å². The van der Waals surface area contributed by atoms with E-state index in [1.54, 1.807) is 18.3 Å². The molecule has 2 atom stereocenters. The van der Waals surface area contributed by atoms with Gasteiger partial charge in [-0.15, -0.1) is 21.5 Å². The Morgan fingerprint density at radius 2 is 1.94 bits per heavy atom. The van der Waals surface area contributed by atoms with Gasteiger partial charge in [0.05, 0.1) is 51.1 Å². The first-order valence-electron chi connectivity index (χ1n) is 17.5. The molecule has 12 heteroatoms. The number of aryl methyl sites for hydroxylation is 3. The third kappa shape index (κ3) is 5.29. The summed E-state index contributed by atoms with van der Waals surface area (Å²) in [5.74, 6) is 1.46. The Labute approximate surface area is 290 Å². The molecule has 2 saturated heterocycles. The molecular formula is C37H40N6O4S2. The molecule has 3 aliphatic heterocycles. The maximum atomic E-state index is 14.2. The molecule has 2 bridgehead atoms. The predicted octanol–water partition coefficient (Wildman–Crippen LogP) is 7.63. The molecule has 254 valence electrons. The minimum atomic E-state index is -3.67. The van der Waals surface area contributed by atoms with E-state index in [-0.39, 0.29) is 29.0 Å². The zero-order valence-corrected chi connectivity index (χ0v) is 29.7. The third-order valence-corrected chi connectivity index (χ3v) is 14.3. The summed E-state index contributed by atoms with van der Waals surface area (Å²) in [6.07, 6.45) is 12.0. The van der Waals surface area contributed by atoms with Crippen molar-refractivity contribution in [2.45, 2.75) is 95.1 Å². The van der Waals surface area contributed by atoms with Crippen LogP contribution in [-0.2, 0) is 27.4 Å². The van der Waals surface area contributed by atoms with Crippen molar-refractivity contribution in [1.29, 1.82) is 0 Å². The van der Waals surface area contributed by atoms with Gasteiger partial charge in [-0.05, 0) is 91.8 Å². The van der Waals surface area contributed by atoms with Crippen LogP contribution in [0.2, 0.25) is 0 Å². The van der Waals surface area contributed by atoms with E-state index in [9.17, 15) is 8.42 Å². The number of hydrogen-bond acceptors (Lipinski definition) is 11. The summed E-state index contributed by atoms with van der Waals surface area (Å²) in [5.41, 5.74) is 5.20. The SMILES string of the molecule is Cc1nnc(-c2c(CCC34CCC(CC3)OC4)nc3c(c2-c2cc4ccnc(N[C@@H]5CCc6ncccc65)c4s2)S(=O)(=O)CC3C(C)C)o1. The van der Waals surface area contributed by atoms with Crippen molar-refractivity contribution >= 4 is 37.1 Å². The number of anilines is 1. The molecule has 1 unspecified atom stereocenters. The largest absolute Gasteiger partial charge is 0.421 e. The maximum absolute atomic E-state index is 14.2. The first-order chi connectivity index (χ1) is 23.7. The number of rotatable bonds is 8. The molecule has 1 saturated carbocycles. The van der Waals surface area contributed by atoms with Crippen molar-refractivity contribution < 1.29 is 17.6 Å². The van der Waals surface area contributed by atoms with Crippen LogP contribution in [0.25, 0.3) is 32.0 Å². The molecule has 5 aliphatic rings. The van der Waals surface area contributed by atoms with Gasteiger partial charge in [-0.3, -0.25) is 9.97 Å². The lowest BCUT2D eigenvalue weighted by atomic mass is 9.68. The molecule has 1 N–H and O–H groups in total. The zero-order valence-electron chi connectivity index (χ0n) is 28.0. The smallest absolute Gasteiger partial charge is 0.250 e. The number of aromatic nitrogens is 5. The first kappa shape index (κ1) is 31.3. The summed E-state index contributed by atoms with van der Waals surface area (Å²) in [6, 6.07) is 8.30. The minimum absolute atomic E-state index is 0.0410. The highest BCUT2D eigenvalue weighted by molar-refractivity contribution is 7.92. The summed E-state index contributed by atoms with van der Waals surface area (Å²) in [6.45, 7) is 6.71. The number of ether oxygens (including phenoxy) is 1. The van der Waals surface area contributed by atoms with Crippen molar-refractivity contribution in [2.75, 3.05) is 17.7 Å². The van der Waals surface area contributed by atoms with Crippen LogP contribution in [0.5, 0.6) is 0 Å². The zero-order chi connectivity index (χ0) is 33.5. The first-order valence-corrected chi connectivity index (χ1v) is 20.0. The molecule has 8 heterocycles. The summed E-state index contributed by atoms with van der Waals surface area (Å²) >= 11 is 1.56. The molecule has 0 spiro atoms. The lowest BCUT2D eigenvalue weighted by Gasteiger charge is -2.46. The normalized spacial score (nSPS) is 25.3. The van der Waals surface area contributed by atoms with E-state index >= 15 is 0 Å². The quantitative estimate of drug-likeness (QED) is 0.173. The molecule has 0 radical (unpaired) electrons. The molecule has 3 fully saturated rings. The van der Waals surface area contributed by atoms with Crippen LogP contribution in [0.3, 0.4) is 0 Å². The molecule has 2 aliphatic carbocycles. The Morgan fingerprint density at radius 1 is 1.08 bits per heavy atom. The van der Waals surface area contributed by atoms with Crippen LogP contribution in [0.1, 0.15) is 92.9 Å². The molecule has 49 heavy (non-hydrogen) atoms. The maximum Gasteiger partial charge on any atom is 0.250 e. The second-order valence-electron chi connectivity index (χ2n) is 14.8. The van der Waals surface area contributed by atoms with E-state index in [0.717, 1.165) is 83.7 Å². The average molecular weight is 697 g/mol. The van der Waals surface area contributed by atoms with Gasteiger partial charge in [-0.25, -0.2) is 13.4 Å². The van der Waals surface area contributed by atoms with Gasteiger partial charge < -0.3 is 14.5 Å². The number of sulfone groups is 1. The fourth-order valence-electron chi connectivity index (χ4n) is 8.59. The van der Waals surface area contributed by atoms with E-state index in [4.69, 9.17) is 19.1 Å². The Kier molecular flexibility index (Phi) is 7.44. The van der Waals surface area contributed by atoms with E-state index in [1.165, 1.54) is 5.56 Å². The van der Waals surface area contributed by atoms with Crippen LogP contribution in [-0.4, -0.2) is 52.0 Å². The summed E-state index contributed by atoms with van der Waals surface area (Å²) < 4.78 is 41.8. The fourth-order valence-corrected chi connectivity index (χ4v) is 12.0. The number of nitrogens with zero attached hydrogens (tertiary/aromatic N) is 5.